The van der Waals surface area contributed by atoms with Gasteiger partial charge in [-0.1, -0.05) is 12.1 Å². The Morgan fingerprint density at radius 2 is 1.24 bits per heavy atom. The van der Waals surface area contributed by atoms with Crippen molar-refractivity contribution in [1.29, 1.82) is 0 Å². The van der Waals surface area contributed by atoms with Gasteiger partial charge in [0.1, 0.15) is 11.5 Å². The fourth-order valence-corrected chi connectivity index (χ4v) is 4.47. The molecule has 0 bridgehead atoms. The quantitative estimate of drug-likeness (QED) is 0.234. The first-order valence-corrected chi connectivity index (χ1v) is 11.1. The van der Waals surface area contributed by atoms with Gasteiger partial charge in [-0.3, -0.25) is 0 Å². The van der Waals surface area contributed by atoms with E-state index >= 15 is 0 Å². The summed E-state index contributed by atoms with van der Waals surface area (Å²) < 4.78 is 13.2. The zero-order valence-corrected chi connectivity index (χ0v) is 20.6. The van der Waals surface area contributed by atoms with Crippen LogP contribution in [0.4, 0.5) is 0 Å². The molecular weight excluding hydrogens is 640 g/mol. The van der Waals surface area contributed by atoms with E-state index in [2.05, 4.69) is 68.5 Å². The van der Waals surface area contributed by atoms with Gasteiger partial charge in [0.25, 0.3) is 0 Å². The van der Waals surface area contributed by atoms with E-state index in [0.717, 1.165) is 8.95 Å². The van der Waals surface area contributed by atoms with Crippen molar-refractivity contribution in [3.63, 3.8) is 0 Å². The van der Waals surface area contributed by atoms with Gasteiger partial charge in [-0.25, -0.2) is 9.59 Å². The van der Waals surface area contributed by atoms with Crippen LogP contribution in [-0.2, 0) is 4.74 Å². The molecule has 148 valence electrons. The molecule has 3 aromatic rings. The average molecular weight is 650 g/mol. The Labute approximate surface area is 199 Å². The third kappa shape index (κ3) is 5.09. The Balaban J connectivity index is 0.000000224. The molecule has 4 rings (SSSR count). The average Bonchev–Trinajstić information content (AvgIpc) is 2.97. The second kappa shape index (κ2) is 9.42. The standard InChI is InChI=1S/C14H6Br2O4.C6H4Br2O/c15-10-2-1-3-11(16)12(10)19-7-4-5-8-9(6-7)14(18)20-13(8)17;7-4-2-1-3-5(8)6(4)9/h1-6H;1-3,9H. The molecule has 1 aliphatic heterocycles. The summed E-state index contributed by atoms with van der Waals surface area (Å²) >= 11 is 13.1. The molecule has 0 unspecified atom stereocenters. The highest BCUT2D eigenvalue weighted by atomic mass is 79.9. The Hall–Kier alpha value is -1.68. The number of halogens is 4. The van der Waals surface area contributed by atoms with Crippen LogP contribution in [0.2, 0.25) is 0 Å². The van der Waals surface area contributed by atoms with E-state index in [-0.39, 0.29) is 16.9 Å². The molecule has 1 aliphatic rings. The van der Waals surface area contributed by atoms with Crippen LogP contribution >= 0.6 is 63.7 Å². The lowest BCUT2D eigenvalue weighted by atomic mass is 10.1. The molecule has 0 saturated heterocycles. The van der Waals surface area contributed by atoms with Crippen LogP contribution in [0.3, 0.4) is 0 Å². The number of rotatable bonds is 2. The first kappa shape index (κ1) is 22.0. The van der Waals surface area contributed by atoms with Crippen LogP contribution in [0, 0.1) is 0 Å². The van der Waals surface area contributed by atoms with Gasteiger partial charge in [0.15, 0.2) is 5.75 Å². The second-order valence-electron chi connectivity index (χ2n) is 5.61. The predicted molar refractivity (Wildman–Crippen MR) is 122 cm³/mol. The summed E-state index contributed by atoms with van der Waals surface area (Å²) in [6.07, 6.45) is 0. The van der Waals surface area contributed by atoms with Gasteiger partial charge >= 0.3 is 11.9 Å². The molecule has 0 spiro atoms. The molecule has 0 aromatic heterocycles. The summed E-state index contributed by atoms with van der Waals surface area (Å²) in [5, 5.41) is 9.11. The molecule has 0 saturated carbocycles. The molecule has 0 aliphatic carbocycles. The van der Waals surface area contributed by atoms with Crippen LogP contribution in [0.15, 0.2) is 72.5 Å². The number of hydrogen-bond donors (Lipinski definition) is 1. The molecule has 1 heterocycles. The number of fused-ring (bicyclic) bond motifs is 1. The van der Waals surface area contributed by atoms with Crippen molar-refractivity contribution in [3.05, 3.63) is 83.6 Å². The lowest BCUT2D eigenvalue weighted by Crippen LogP contribution is -1.96. The van der Waals surface area contributed by atoms with Gasteiger partial charge in [0.05, 0.1) is 29.0 Å². The number of phenolic OH excluding ortho intramolecular Hbond substituents is 1. The minimum absolute atomic E-state index is 0.218. The number of carbonyl (C=O) groups excluding carboxylic acids is 2. The molecule has 1 N–H and O–H groups in total. The molecule has 3 aromatic carbocycles. The van der Waals surface area contributed by atoms with Crippen molar-refractivity contribution in [3.8, 4) is 17.2 Å². The van der Waals surface area contributed by atoms with E-state index in [9.17, 15) is 9.59 Å². The van der Waals surface area contributed by atoms with Gasteiger partial charge in [-0.05, 0) is 106 Å². The van der Waals surface area contributed by atoms with Crippen LogP contribution in [0.25, 0.3) is 0 Å². The second-order valence-corrected chi connectivity index (χ2v) is 9.02. The summed E-state index contributed by atoms with van der Waals surface area (Å²) in [4.78, 5) is 22.9. The number of aromatic hydroxyl groups is 1. The number of ether oxygens (including phenoxy) is 2. The van der Waals surface area contributed by atoms with Crippen molar-refractivity contribution in [2.45, 2.75) is 0 Å². The van der Waals surface area contributed by atoms with Crippen LogP contribution in [0.5, 0.6) is 17.2 Å². The topological polar surface area (TPSA) is 72.8 Å². The Morgan fingerprint density at radius 1 is 0.724 bits per heavy atom. The normalized spacial score (nSPS) is 12.0. The Morgan fingerprint density at radius 3 is 1.79 bits per heavy atom. The fraction of sp³-hybridized carbons (Fsp3) is 0. The molecular formula is C20H10Br4O5. The third-order valence-electron chi connectivity index (χ3n) is 3.69. The maximum absolute atomic E-state index is 11.5. The van der Waals surface area contributed by atoms with Crippen molar-refractivity contribution < 1.29 is 24.2 Å². The summed E-state index contributed by atoms with van der Waals surface area (Å²) in [6.45, 7) is 0. The molecule has 9 heteroatoms. The van der Waals surface area contributed by atoms with Crippen molar-refractivity contribution in [2.75, 3.05) is 0 Å². The molecule has 5 nitrogen and oxygen atoms in total. The summed E-state index contributed by atoms with van der Waals surface area (Å²) in [5.41, 5.74) is 0.476. The smallest absolute Gasteiger partial charge is 0.347 e. The first-order valence-electron chi connectivity index (χ1n) is 7.93. The van der Waals surface area contributed by atoms with Gasteiger partial charge < -0.3 is 14.6 Å². The number of phenols is 1. The van der Waals surface area contributed by atoms with Gasteiger partial charge in [-0.2, -0.15) is 0 Å². The molecule has 0 amide bonds. The molecule has 0 radical (unpaired) electrons. The lowest BCUT2D eigenvalue weighted by molar-refractivity contribution is 0.0443. The highest BCUT2D eigenvalue weighted by Crippen LogP contribution is 2.37. The third-order valence-corrected chi connectivity index (χ3v) is 6.22. The molecule has 0 fully saturated rings. The Kier molecular flexibility index (Phi) is 7.15. The molecule has 0 atom stereocenters. The van der Waals surface area contributed by atoms with Crippen LogP contribution < -0.4 is 4.74 Å². The lowest BCUT2D eigenvalue weighted by Gasteiger charge is -2.10. The first-order chi connectivity index (χ1) is 13.8. The zero-order chi connectivity index (χ0) is 21.1. The van der Waals surface area contributed by atoms with E-state index in [1.807, 2.05) is 24.3 Å². The van der Waals surface area contributed by atoms with Crippen LogP contribution in [-0.4, -0.2) is 17.0 Å². The van der Waals surface area contributed by atoms with Crippen molar-refractivity contribution in [2.24, 2.45) is 0 Å². The highest BCUT2D eigenvalue weighted by Gasteiger charge is 2.30. The maximum atomic E-state index is 11.5. The summed E-state index contributed by atoms with van der Waals surface area (Å²) in [6, 6.07) is 15.6. The van der Waals surface area contributed by atoms with Crippen molar-refractivity contribution >= 4 is 75.7 Å². The van der Waals surface area contributed by atoms with Crippen molar-refractivity contribution in [1.82, 2.24) is 0 Å². The fourth-order valence-electron chi connectivity index (χ4n) is 2.31. The minimum Gasteiger partial charge on any atom is -0.506 e. The maximum Gasteiger partial charge on any atom is 0.347 e. The van der Waals surface area contributed by atoms with Gasteiger partial charge in [0, 0.05) is 0 Å². The summed E-state index contributed by atoms with van der Waals surface area (Å²) in [5.74, 6) is 0.00547. The number of cyclic esters (lactones) is 2. The monoisotopic (exact) mass is 646 g/mol. The number of para-hydroxylation sites is 2. The van der Waals surface area contributed by atoms with Crippen LogP contribution in [0.1, 0.15) is 20.7 Å². The number of esters is 2. The van der Waals surface area contributed by atoms with Gasteiger partial charge in [-0.15, -0.1) is 0 Å². The van der Waals surface area contributed by atoms with E-state index in [1.165, 1.54) is 12.1 Å². The largest absolute Gasteiger partial charge is 0.506 e. The summed E-state index contributed by atoms with van der Waals surface area (Å²) in [7, 11) is 0. The highest BCUT2D eigenvalue weighted by molar-refractivity contribution is 9.11. The number of hydrogen-bond acceptors (Lipinski definition) is 5. The minimum atomic E-state index is -0.651. The van der Waals surface area contributed by atoms with E-state index in [0.29, 0.717) is 20.4 Å². The predicted octanol–water partition coefficient (Wildman–Crippen LogP) is 7.23. The Bertz CT molecular complexity index is 1070. The molecule has 29 heavy (non-hydrogen) atoms. The van der Waals surface area contributed by atoms with E-state index < -0.39 is 11.9 Å². The SMILES string of the molecule is O=C1OC(=O)c2cc(Oc3c(Br)cccc3Br)ccc21.Oc1c(Br)cccc1Br. The van der Waals surface area contributed by atoms with E-state index in [4.69, 9.17) is 9.84 Å². The number of carbonyl (C=O) groups is 2. The number of benzene rings is 3. The van der Waals surface area contributed by atoms with Gasteiger partial charge in [0.2, 0.25) is 0 Å². The van der Waals surface area contributed by atoms with E-state index in [1.54, 1.807) is 18.2 Å². The zero-order valence-electron chi connectivity index (χ0n) is 14.3.